The second-order valence-corrected chi connectivity index (χ2v) is 10.1. The Morgan fingerprint density at radius 1 is 1.17 bits per heavy atom. The molecule has 0 radical (unpaired) electrons. The Bertz CT molecular complexity index is 1380. The summed E-state index contributed by atoms with van der Waals surface area (Å²) in [6.45, 7) is 2.38. The molecule has 0 spiro atoms. The lowest BCUT2D eigenvalue weighted by Gasteiger charge is -2.29. The van der Waals surface area contributed by atoms with Crippen LogP contribution in [0.2, 0.25) is 0 Å². The summed E-state index contributed by atoms with van der Waals surface area (Å²) in [7, 11) is 1.69. The molecule has 1 amide bonds. The van der Waals surface area contributed by atoms with Crippen molar-refractivity contribution in [2.75, 3.05) is 19.4 Å². The van der Waals surface area contributed by atoms with Gasteiger partial charge in [-0.1, -0.05) is 36.4 Å². The minimum Gasteiger partial charge on any atom is -0.383 e. The number of fused-ring (bicyclic) bond motifs is 2. The molecule has 1 aliphatic rings. The van der Waals surface area contributed by atoms with Gasteiger partial charge in [0.2, 0.25) is 5.91 Å². The van der Waals surface area contributed by atoms with Gasteiger partial charge in [-0.15, -0.1) is 0 Å². The molecule has 8 heteroatoms. The van der Waals surface area contributed by atoms with E-state index < -0.39 is 0 Å². The third-order valence-electron chi connectivity index (χ3n) is 7.08. The number of hydrogen-bond donors (Lipinski definition) is 1. The molecule has 0 bridgehead atoms. The quantitative estimate of drug-likeness (QED) is 0.307. The summed E-state index contributed by atoms with van der Waals surface area (Å²) in [6, 6.07) is 14.7. The summed E-state index contributed by atoms with van der Waals surface area (Å²) in [6.07, 6.45) is 6.26. The van der Waals surface area contributed by atoms with Gasteiger partial charge in [-0.05, 0) is 76.9 Å². The third-order valence-corrected chi connectivity index (χ3v) is 7.89. The lowest BCUT2D eigenvalue weighted by Crippen LogP contribution is -2.29. The summed E-state index contributed by atoms with van der Waals surface area (Å²) in [5.74, 6) is 1.25. The minimum absolute atomic E-state index is 0.0413. The van der Waals surface area contributed by atoms with Gasteiger partial charge >= 0.3 is 0 Å². The average Bonchev–Trinajstić information content (AvgIpc) is 3.30. The van der Waals surface area contributed by atoms with Crippen LogP contribution < -0.4 is 5.73 Å². The molecule has 0 unspecified atom stereocenters. The Hall–Kier alpha value is -2.97. The summed E-state index contributed by atoms with van der Waals surface area (Å²) >= 11 is 3.70. The van der Waals surface area contributed by atoms with Crippen LogP contribution in [0.4, 0.5) is 5.82 Å². The molecule has 0 saturated heterocycles. The maximum Gasteiger partial charge on any atom is 0.246 e. The van der Waals surface area contributed by atoms with Gasteiger partial charge in [0, 0.05) is 24.9 Å². The van der Waals surface area contributed by atoms with Gasteiger partial charge in [0.05, 0.1) is 23.0 Å². The summed E-state index contributed by atoms with van der Waals surface area (Å²) in [4.78, 5) is 22.8. The summed E-state index contributed by atoms with van der Waals surface area (Å²) in [5, 5.41) is 8.29. The van der Waals surface area contributed by atoms with E-state index in [-0.39, 0.29) is 11.8 Å². The van der Waals surface area contributed by atoms with Gasteiger partial charge in [-0.2, -0.15) is 9.61 Å². The Balaban J connectivity index is 1.40. The highest BCUT2D eigenvalue weighted by atomic mass is 79.9. The van der Waals surface area contributed by atoms with Crippen LogP contribution in [0.15, 0.2) is 53.1 Å². The van der Waals surface area contributed by atoms with Crippen molar-refractivity contribution in [3.8, 4) is 11.1 Å². The second kappa shape index (κ2) is 9.95. The van der Waals surface area contributed by atoms with E-state index in [1.165, 1.54) is 15.8 Å². The SMILES string of the molecule is CCON(C)C(=O)CC1CCC(c2nc3c(-c4ccc5ccccc5c4)cnn3c(N)c2Br)CC1. The monoisotopic (exact) mass is 535 g/mol. The highest BCUT2D eigenvalue weighted by Gasteiger charge is 2.29. The number of carbonyl (C=O) groups is 1. The number of halogens is 1. The number of hydrogen-bond acceptors (Lipinski definition) is 5. The maximum absolute atomic E-state index is 12.4. The molecule has 0 aliphatic heterocycles. The maximum atomic E-state index is 12.4. The van der Waals surface area contributed by atoms with Crippen LogP contribution >= 0.6 is 15.9 Å². The zero-order valence-electron chi connectivity index (χ0n) is 20.1. The molecule has 2 aromatic carbocycles. The highest BCUT2D eigenvalue weighted by Crippen LogP contribution is 2.41. The standard InChI is InChI=1S/C27H30BrN5O2/c1-3-35-32(2)23(34)14-17-8-10-19(11-9-17)25-24(28)26(29)33-27(31-25)22(16-30-33)21-13-12-18-6-4-5-7-20(18)15-21/h4-7,12-13,15-17,19H,3,8-11,14,29H2,1-2H3. The minimum atomic E-state index is 0.0413. The van der Waals surface area contributed by atoms with Crippen molar-refractivity contribution in [3.63, 3.8) is 0 Å². The first kappa shape index (κ1) is 23.8. The lowest BCUT2D eigenvalue weighted by atomic mass is 9.79. The molecule has 4 aromatic rings. The Morgan fingerprint density at radius 2 is 1.91 bits per heavy atom. The van der Waals surface area contributed by atoms with E-state index >= 15 is 0 Å². The topological polar surface area (TPSA) is 85.8 Å². The van der Waals surface area contributed by atoms with Crippen LogP contribution in [-0.2, 0) is 9.63 Å². The van der Waals surface area contributed by atoms with E-state index in [1.54, 1.807) is 11.6 Å². The number of hydroxylamine groups is 2. The Labute approximate surface area is 213 Å². The van der Waals surface area contributed by atoms with Crippen molar-refractivity contribution >= 4 is 44.1 Å². The van der Waals surface area contributed by atoms with Crippen molar-refractivity contribution in [2.45, 2.75) is 44.9 Å². The summed E-state index contributed by atoms with van der Waals surface area (Å²) in [5.41, 5.74) is 10.3. The van der Waals surface area contributed by atoms with Crippen molar-refractivity contribution < 1.29 is 9.63 Å². The highest BCUT2D eigenvalue weighted by molar-refractivity contribution is 9.10. The molecule has 2 heterocycles. The summed E-state index contributed by atoms with van der Waals surface area (Å²) < 4.78 is 2.53. The number of anilines is 1. The molecule has 182 valence electrons. The number of nitrogen functional groups attached to an aromatic ring is 1. The first-order chi connectivity index (χ1) is 17.0. The number of nitrogens with zero attached hydrogens (tertiary/aromatic N) is 4. The molecule has 1 aliphatic carbocycles. The van der Waals surface area contributed by atoms with E-state index in [0.717, 1.165) is 52.6 Å². The predicted octanol–water partition coefficient (Wildman–Crippen LogP) is 5.97. The Kier molecular flexibility index (Phi) is 6.75. The number of rotatable bonds is 6. The molecule has 5 rings (SSSR count). The van der Waals surface area contributed by atoms with Crippen LogP contribution in [0.1, 0.15) is 50.6 Å². The second-order valence-electron chi connectivity index (χ2n) is 9.28. The fourth-order valence-corrected chi connectivity index (χ4v) is 5.71. The van der Waals surface area contributed by atoms with Crippen molar-refractivity contribution in [2.24, 2.45) is 5.92 Å². The van der Waals surface area contributed by atoms with Crippen LogP contribution in [0.5, 0.6) is 0 Å². The van der Waals surface area contributed by atoms with Crippen LogP contribution in [0.25, 0.3) is 27.5 Å². The molecule has 0 atom stereocenters. The number of nitrogens with two attached hydrogens (primary N) is 1. The van der Waals surface area contributed by atoms with Gasteiger partial charge in [0.15, 0.2) is 5.65 Å². The van der Waals surface area contributed by atoms with Crippen molar-refractivity contribution in [1.29, 1.82) is 0 Å². The number of amides is 1. The van der Waals surface area contributed by atoms with E-state index in [9.17, 15) is 4.79 Å². The zero-order chi connectivity index (χ0) is 24.5. The third kappa shape index (κ3) is 4.65. The van der Waals surface area contributed by atoms with E-state index in [4.69, 9.17) is 15.6 Å². The molecular weight excluding hydrogens is 506 g/mol. The van der Waals surface area contributed by atoms with Gasteiger partial charge in [0.25, 0.3) is 0 Å². The number of aromatic nitrogens is 3. The molecule has 1 saturated carbocycles. The van der Waals surface area contributed by atoms with Crippen LogP contribution in [0, 0.1) is 5.92 Å². The Morgan fingerprint density at radius 3 is 2.66 bits per heavy atom. The van der Waals surface area contributed by atoms with Gasteiger partial charge in [-0.3, -0.25) is 9.63 Å². The van der Waals surface area contributed by atoms with E-state index in [1.807, 2.05) is 25.3 Å². The number of benzene rings is 2. The first-order valence-electron chi connectivity index (χ1n) is 12.2. The molecule has 7 nitrogen and oxygen atoms in total. The predicted molar refractivity (Wildman–Crippen MR) is 142 cm³/mol. The average molecular weight is 536 g/mol. The van der Waals surface area contributed by atoms with Crippen LogP contribution in [-0.4, -0.2) is 39.2 Å². The largest absolute Gasteiger partial charge is 0.383 e. The van der Waals surface area contributed by atoms with Crippen molar-refractivity contribution in [1.82, 2.24) is 19.7 Å². The fraction of sp³-hybridized carbons (Fsp3) is 0.370. The normalized spacial score (nSPS) is 18.3. The van der Waals surface area contributed by atoms with Gasteiger partial charge in [-0.25, -0.2) is 10.0 Å². The van der Waals surface area contributed by atoms with Crippen LogP contribution in [0.3, 0.4) is 0 Å². The fourth-order valence-electron chi connectivity index (χ4n) is 5.13. The molecule has 2 aromatic heterocycles. The van der Waals surface area contributed by atoms with E-state index in [0.29, 0.717) is 24.8 Å². The van der Waals surface area contributed by atoms with Crippen molar-refractivity contribution in [3.05, 3.63) is 58.8 Å². The molecule has 1 fully saturated rings. The van der Waals surface area contributed by atoms with Gasteiger partial charge in [0.1, 0.15) is 5.82 Å². The van der Waals surface area contributed by atoms with E-state index in [2.05, 4.69) is 51.4 Å². The molecule has 2 N–H and O–H groups in total. The lowest BCUT2D eigenvalue weighted by molar-refractivity contribution is -0.177. The molecular formula is C27H30BrN5O2. The van der Waals surface area contributed by atoms with Gasteiger partial charge < -0.3 is 5.73 Å². The molecule has 35 heavy (non-hydrogen) atoms. The first-order valence-corrected chi connectivity index (χ1v) is 13.0. The smallest absolute Gasteiger partial charge is 0.246 e. The zero-order valence-corrected chi connectivity index (χ0v) is 21.7. The number of carbonyl (C=O) groups excluding carboxylic acids is 1.